The van der Waals surface area contributed by atoms with Gasteiger partial charge in [0.25, 0.3) is 0 Å². The lowest BCUT2D eigenvalue weighted by atomic mass is 10.0. The van der Waals surface area contributed by atoms with Gasteiger partial charge in [0.2, 0.25) is 0 Å². The second-order valence-corrected chi connectivity index (χ2v) is 5.50. The zero-order valence-electron chi connectivity index (χ0n) is 12.2. The van der Waals surface area contributed by atoms with Crippen LogP contribution < -0.4 is 0 Å². The Morgan fingerprint density at radius 3 is 2.11 bits per heavy atom. The van der Waals surface area contributed by atoms with Gasteiger partial charge in [0.05, 0.1) is 0 Å². The SMILES string of the molecule is CC(C)CCCCCCC/C=C/CCCC(=O)O. The summed E-state index contributed by atoms with van der Waals surface area (Å²) in [5, 5.41) is 8.47. The summed E-state index contributed by atoms with van der Waals surface area (Å²) < 4.78 is 0. The highest BCUT2D eigenvalue weighted by molar-refractivity contribution is 5.66. The van der Waals surface area contributed by atoms with E-state index in [2.05, 4.69) is 26.0 Å². The maximum atomic E-state index is 10.3. The molecule has 0 heterocycles. The minimum absolute atomic E-state index is 0.292. The average molecular weight is 254 g/mol. The third-order valence-electron chi connectivity index (χ3n) is 3.08. The summed E-state index contributed by atoms with van der Waals surface area (Å²) in [6, 6.07) is 0. The molecule has 0 aromatic rings. The van der Waals surface area contributed by atoms with Gasteiger partial charge in [-0.25, -0.2) is 0 Å². The standard InChI is InChI=1S/C16H30O2/c1-15(2)13-11-9-7-5-3-4-6-8-10-12-14-16(17)18/h6,8,15H,3-5,7,9-14H2,1-2H3,(H,17,18)/b8-6+. The van der Waals surface area contributed by atoms with E-state index in [0.717, 1.165) is 25.2 Å². The largest absolute Gasteiger partial charge is 0.481 e. The predicted octanol–water partition coefficient (Wildman–Crippen LogP) is 5.18. The van der Waals surface area contributed by atoms with Crippen LogP contribution in [-0.2, 0) is 4.79 Å². The molecule has 0 aromatic heterocycles. The smallest absolute Gasteiger partial charge is 0.303 e. The molecule has 0 amide bonds. The van der Waals surface area contributed by atoms with Crippen LogP contribution in [-0.4, -0.2) is 11.1 Å². The van der Waals surface area contributed by atoms with E-state index in [4.69, 9.17) is 5.11 Å². The molecule has 0 aliphatic rings. The van der Waals surface area contributed by atoms with Crippen LogP contribution in [0.25, 0.3) is 0 Å². The molecule has 2 nitrogen and oxygen atoms in total. The van der Waals surface area contributed by atoms with Crippen molar-refractivity contribution >= 4 is 5.97 Å². The lowest BCUT2D eigenvalue weighted by molar-refractivity contribution is -0.137. The van der Waals surface area contributed by atoms with E-state index in [0.29, 0.717) is 6.42 Å². The normalized spacial score (nSPS) is 11.5. The van der Waals surface area contributed by atoms with Crippen molar-refractivity contribution in [3.63, 3.8) is 0 Å². The van der Waals surface area contributed by atoms with Gasteiger partial charge in [-0.2, -0.15) is 0 Å². The van der Waals surface area contributed by atoms with Gasteiger partial charge in [0, 0.05) is 6.42 Å². The summed E-state index contributed by atoms with van der Waals surface area (Å²) in [7, 11) is 0. The summed E-state index contributed by atoms with van der Waals surface area (Å²) in [4.78, 5) is 10.3. The Labute approximate surface area is 112 Å². The first-order chi connectivity index (χ1) is 8.63. The van der Waals surface area contributed by atoms with E-state index in [1.54, 1.807) is 0 Å². The monoisotopic (exact) mass is 254 g/mol. The van der Waals surface area contributed by atoms with E-state index >= 15 is 0 Å². The molecule has 0 bridgehead atoms. The van der Waals surface area contributed by atoms with Crippen LogP contribution in [0.3, 0.4) is 0 Å². The molecule has 0 fully saturated rings. The van der Waals surface area contributed by atoms with Crippen LogP contribution in [0.2, 0.25) is 0 Å². The lowest BCUT2D eigenvalue weighted by Gasteiger charge is -2.03. The van der Waals surface area contributed by atoms with Gasteiger partial charge < -0.3 is 5.11 Å². The van der Waals surface area contributed by atoms with Crippen molar-refractivity contribution < 1.29 is 9.90 Å². The molecule has 0 aliphatic carbocycles. The number of hydrogen-bond donors (Lipinski definition) is 1. The van der Waals surface area contributed by atoms with Crippen molar-refractivity contribution in [3.05, 3.63) is 12.2 Å². The van der Waals surface area contributed by atoms with Crippen LogP contribution in [0.5, 0.6) is 0 Å². The quantitative estimate of drug-likeness (QED) is 0.384. The molecular weight excluding hydrogens is 224 g/mol. The van der Waals surface area contributed by atoms with Gasteiger partial charge in [-0.15, -0.1) is 0 Å². The van der Waals surface area contributed by atoms with Crippen molar-refractivity contribution in [2.24, 2.45) is 5.92 Å². The van der Waals surface area contributed by atoms with E-state index < -0.39 is 5.97 Å². The number of hydrogen-bond acceptors (Lipinski definition) is 1. The fraction of sp³-hybridized carbons (Fsp3) is 0.812. The zero-order valence-corrected chi connectivity index (χ0v) is 12.2. The molecule has 0 atom stereocenters. The molecule has 0 unspecified atom stereocenters. The molecule has 2 heteroatoms. The number of rotatable bonds is 12. The number of carbonyl (C=O) groups is 1. The minimum atomic E-state index is -0.690. The van der Waals surface area contributed by atoms with E-state index in [1.165, 1.54) is 38.5 Å². The fourth-order valence-corrected chi connectivity index (χ4v) is 1.95. The molecule has 0 aliphatic heterocycles. The molecule has 0 rings (SSSR count). The topological polar surface area (TPSA) is 37.3 Å². The average Bonchev–Trinajstić information content (AvgIpc) is 2.29. The summed E-state index contributed by atoms with van der Waals surface area (Å²) in [6.45, 7) is 4.57. The molecule has 0 radical (unpaired) electrons. The maximum absolute atomic E-state index is 10.3. The Morgan fingerprint density at radius 2 is 1.50 bits per heavy atom. The molecule has 0 saturated heterocycles. The van der Waals surface area contributed by atoms with Crippen LogP contribution in [0.15, 0.2) is 12.2 Å². The van der Waals surface area contributed by atoms with Crippen LogP contribution >= 0.6 is 0 Å². The van der Waals surface area contributed by atoms with Crippen molar-refractivity contribution in [3.8, 4) is 0 Å². The number of allylic oxidation sites excluding steroid dienone is 2. The van der Waals surface area contributed by atoms with Crippen LogP contribution in [0.4, 0.5) is 0 Å². The second kappa shape index (κ2) is 12.7. The Kier molecular flexibility index (Phi) is 12.1. The highest BCUT2D eigenvalue weighted by Crippen LogP contribution is 2.11. The molecule has 106 valence electrons. The number of aliphatic carboxylic acids is 1. The fourth-order valence-electron chi connectivity index (χ4n) is 1.95. The van der Waals surface area contributed by atoms with Crippen molar-refractivity contribution in [2.75, 3.05) is 0 Å². The van der Waals surface area contributed by atoms with E-state index in [1.807, 2.05) is 0 Å². The van der Waals surface area contributed by atoms with Gasteiger partial charge >= 0.3 is 5.97 Å². The molecule has 0 saturated carbocycles. The van der Waals surface area contributed by atoms with Crippen LogP contribution in [0.1, 0.15) is 78.1 Å². The van der Waals surface area contributed by atoms with Gasteiger partial charge in [-0.05, 0) is 31.6 Å². The van der Waals surface area contributed by atoms with Gasteiger partial charge in [0.1, 0.15) is 0 Å². The molecule has 1 N–H and O–H groups in total. The summed E-state index contributed by atoms with van der Waals surface area (Å²) in [5.41, 5.74) is 0. The van der Waals surface area contributed by atoms with Crippen molar-refractivity contribution in [2.45, 2.75) is 78.1 Å². The molecule has 18 heavy (non-hydrogen) atoms. The summed E-state index contributed by atoms with van der Waals surface area (Å²) in [6.07, 6.45) is 15.5. The first-order valence-corrected chi connectivity index (χ1v) is 7.49. The number of carboxylic acid groups (broad SMARTS) is 1. The molecule has 0 spiro atoms. The number of unbranched alkanes of at least 4 members (excludes halogenated alkanes) is 6. The lowest BCUT2D eigenvalue weighted by Crippen LogP contribution is -1.92. The second-order valence-electron chi connectivity index (χ2n) is 5.50. The zero-order chi connectivity index (χ0) is 13.6. The van der Waals surface area contributed by atoms with Crippen molar-refractivity contribution in [1.82, 2.24) is 0 Å². The van der Waals surface area contributed by atoms with Gasteiger partial charge in [0.15, 0.2) is 0 Å². The Bertz CT molecular complexity index is 219. The van der Waals surface area contributed by atoms with Crippen molar-refractivity contribution in [1.29, 1.82) is 0 Å². The van der Waals surface area contributed by atoms with E-state index in [-0.39, 0.29) is 0 Å². The third-order valence-corrected chi connectivity index (χ3v) is 3.08. The number of carboxylic acids is 1. The maximum Gasteiger partial charge on any atom is 0.303 e. The Morgan fingerprint density at radius 1 is 0.944 bits per heavy atom. The highest BCUT2D eigenvalue weighted by Gasteiger charge is 1.94. The minimum Gasteiger partial charge on any atom is -0.481 e. The Balaban J connectivity index is 3.10. The Hall–Kier alpha value is -0.790. The van der Waals surface area contributed by atoms with Gasteiger partial charge in [-0.3, -0.25) is 4.79 Å². The molecule has 0 aromatic carbocycles. The highest BCUT2D eigenvalue weighted by atomic mass is 16.4. The van der Waals surface area contributed by atoms with Gasteiger partial charge in [-0.1, -0.05) is 58.1 Å². The summed E-state index contributed by atoms with van der Waals surface area (Å²) >= 11 is 0. The first-order valence-electron chi connectivity index (χ1n) is 7.49. The van der Waals surface area contributed by atoms with Crippen LogP contribution in [0, 0.1) is 5.92 Å². The third kappa shape index (κ3) is 15.2. The van der Waals surface area contributed by atoms with E-state index in [9.17, 15) is 4.79 Å². The first kappa shape index (κ1) is 17.2. The predicted molar refractivity (Wildman–Crippen MR) is 77.8 cm³/mol. The summed E-state index contributed by atoms with van der Waals surface area (Å²) in [5.74, 6) is 0.156. The molecular formula is C16H30O2.